The summed E-state index contributed by atoms with van der Waals surface area (Å²) in [5.41, 5.74) is 1.13. The first-order chi connectivity index (χ1) is 12.5. The van der Waals surface area contributed by atoms with E-state index in [1.54, 1.807) is 10.6 Å². The van der Waals surface area contributed by atoms with Crippen molar-refractivity contribution in [1.29, 1.82) is 0 Å². The zero-order valence-corrected chi connectivity index (χ0v) is 15.5. The molecule has 1 aliphatic heterocycles. The zero-order valence-electron chi connectivity index (χ0n) is 13.2. The molecule has 2 aromatic carbocycles. The number of ether oxygens (including phenoxy) is 2. The molecule has 130 valence electrons. The lowest BCUT2D eigenvalue weighted by Gasteiger charge is -2.01. The van der Waals surface area contributed by atoms with Crippen molar-refractivity contribution in [3.63, 3.8) is 0 Å². The molecule has 26 heavy (non-hydrogen) atoms. The Labute approximate surface area is 162 Å². The molecule has 1 amide bonds. The van der Waals surface area contributed by atoms with Gasteiger partial charge in [-0.25, -0.2) is 0 Å². The molecule has 0 bridgehead atoms. The van der Waals surface area contributed by atoms with Crippen LogP contribution in [-0.4, -0.2) is 17.3 Å². The summed E-state index contributed by atoms with van der Waals surface area (Å²) < 4.78 is 13.5. The highest BCUT2D eigenvalue weighted by Crippen LogP contribution is 2.37. The monoisotopic (exact) mass is 404 g/mol. The van der Waals surface area contributed by atoms with Crippen LogP contribution in [0.5, 0.6) is 11.5 Å². The molecule has 1 aliphatic rings. The van der Waals surface area contributed by atoms with E-state index in [2.05, 4.69) is 10.9 Å². The van der Waals surface area contributed by atoms with Crippen molar-refractivity contribution < 1.29 is 14.3 Å². The van der Waals surface area contributed by atoms with Crippen LogP contribution >= 0.6 is 34.5 Å². The summed E-state index contributed by atoms with van der Waals surface area (Å²) in [7, 11) is 0. The first kappa shape index (κ1) is 17.0. The van der Waals surface area contributed by atoms with Gasteiger partial charge in [0, 0.05) is 27.7 Å². The summed E-state index contributed by atoms with van der Waals surface area (Å²) in [5.74, 6) is 3.43. The smallest absolute Gasteiger partial charge is 0.279 e. The molecule has 0 saturated carbocycles. The van der Waals surface area contributed by atoms with Gasteiger partial charge in [0.15, 0.2) is 16.3 Å². The second-order valence-electron chi connectivity index (χ2n) is 5.42. The Kier molecular flexibility index (Phi) is 4.37. The van der Waals surface area contributed by atoms with E-state index < -0.39 is 5.91 Å². The number of fused-ring (bicyclic) bond motifs is 2. The fraction of sp³-hybridized carbons (Fsp3) is 0.111. The van der Waals surface area contributed by atoms with Crippen molar-refractivity contribution >= 4 is 50.7 Å². The van der Waals surface area contributed by atoms with Gasteiger partial charge < -0.3 is 14.0 Å². The van der Waals surface area contributed by atoms with Crippen LogP contribution in [0.3, 0.4) is 0 Å². The SMILES string of the molecule is C#CCn1c(=NC(=O)c2cc(Cl)cc(Cl)c2)sc2cc3c(cc21)OCO3. The van der Waals surface area contributed by atoms with Gasteiger partial charge in [-0.2, -0.15) is 4.99 Å². The van der Waals surface area contributed by atoms with Crippen LogP contribution in [0.4, 0.5) is 0 Å². The second-order valence-corrected chi connectivity index (χ2v) is 7.31. The van der Waals surface area contributed by atoms with Crippen LogP contribution in [-0.2, 0) is 6.54 Å². The van der Waals surface area contributed by atoms with E-state index in [-0.39, 0.29) is 13.3 Å². The van der Waals surface area contributed by atoms with Crippen molar-refractivity contribution in [1.82, 2.24) is 4.57 Å². The summed E-state index contributed by atoms with van der Waals surface area (Å²) in [4.78, 5) is 17.3. The normalized spacial score (nSPS) is 13.2. The highest BCUT2D eigenvalue weighted by molar-refractivity contribution is 7.16. The summed E-state index contributed by atoms with van der Waals surface area (Å²) in [5, 5.41) is 0.740. The molecule has 1 aromatic heterocycles. The van der Waals surface area contributed by atoms with E-state index in [4.69, 9.17) is 39.1 Å². The highest BCUT2D eigenvalue weighted by Gasteiger charge is 2.18. The van der Waals surface area contributed by atoms with Crippen LogP contribution in [0, 0.1) is 12.3 Å². The zero-order chi connectivity index (χ0) is 18.3. The number of hydrogen-bond acceptors (Lipinski definition) is 4. The Hall–Kier alpha value is -2.46. The molecule has 5 nitrogen and oxygen atoms in total. The van der Waals surface area contributed by atoms with Crippen molar-refractivity contribution in [2.24, 2.45) is 4.99 Å². The van der Waals surface area contributed by atoms with E-state index in [1.165, 1.54) is 23.5 Å². The van der Waals surface area contributed by atoms with E-state index in [9.17, 15) is 4.79 Å². The molecule has 2 heterocycles. The van der Waals surface area contributed by atoms with Crippen molar-refractivity contribution in [3.8, 4) is 23.8 Å². The van der Waals surface area contributed by atoms with Gasteiger partial charge in [-0.05, 0) is 18.2 Å². The molecule has 0 atom stereocenters. The summed E-state index contributed by atoms with van der Waals surface area (Å²) in [6.07, 6.45) is 5.49. The number of terminal acetylenes is 1. The molecule has 4 rings (SSSR count). The quantitative estimate of drug-likeness (QED) is 0.603. The minimum absolute atomic E-state index is 0.187. The standard InChI is InChI=1S/C18H10Cl2N2O3S/c1-2-3-22-13-7-14-15(25-9-24-14)8-16(13)26-18(22)21-17(23)10-4-11(19)6-12(20)5-10/h1,4-8H,3,9H2. The molecular formula is C18H10Cl2N2O3S. The number of benzene rings is 2. The molecule has 0 unspecified atom stereocenters. The molecule has 3 aromatic rings. The minimum atomic E-state index is -0.452. The molecular weight excluding hydrogens is 395 g/mol. The molecule has 0 aliphatic carbocycles. The van der Waals surface area contributed by atoms with E-state index >= 15 is 0 Å². The number of halogens is 2. The molecule has 8 heteroatoms. The van der Waals surface area contributed by atoms with Gasteiger partial charge >= 0.3 is 0 Å². The highest BCUT2D eigenvalue weighted by atomic mass is 35.5. The molecule has 0 radical (unpaired) electrons. The molecule has 0 N–H and O–H groups in total. The Morgan fingerprint density at radius 3 is 2.58 bits per heavy atom. The maximum Gasteiger partial charge on any atom is 0.279 e. The van der Waals surface area contributed by atoms with Gasteiger partial charge in [0.2, 0.25) is 6.79 Å². The number of nitrogens with zero attached hydrogens (tertiary/aromatic N) is 2. The third-order valence-electron chi connectivity index (χ3n) is 3.73. The van der Waals surface area contributed by atoms with Crippen LogP contribution in [0.15, 0.2) is 35.3 Å². The van der Waals surface area contributed by atoms with E-state index in [0.717, 1.165) is 10.2 Å². The largest absolute Gasteiger partial charge is 0.454 e. The lowest BCUT2D eigenvalue weighted by molar-refractivity contribution is 0.0998. The second kappa shape index (κ2) is 6.69. The molecule has 0 saturated heterocycles. The maximum atomic E-state index is 12.6. The van der Waals surface area contributed by atoms with Gasteiger partial charge in [-0.1, -0.05) is 40.5 Å². The number of carbonyl (C=O) groups is 1. The lowest BCUT2D eigenvalue weighted by atomic mass is 10.2. The number of hydrogen-bond donors (Lipinski definition) is 0. The van der Waals surface area contributed by atoms with Gasteiger partial charge in [0.25, 0.3) is 5.91 Å². The van der Waals surface area contributed by atoms with Crippen LogP contribution in [0.1, 0.15) is 10.4 Å². The third-order valence-corrected chi connectivity index (χ3v) is 5.21. The first-order valence-electron chi connectivity index (χ1n) is 7.47. The number of amides is 1. The van der Waals surface area contributed by atoms with Crippen molar-refractivity contribution in [3.05, 3.63) is 50.7 Å². The predicted molar refractivity (Wildman–Crippen MR) is 101 cm³/mol. The van der Waals surface area contributed by atoms with Gasteiger partial charge in [0.1, 0.15) is 0 Å². The average molecular weight is 405 g/mol. The van der Waals surface area contributed by atoms with Gasteiger partial charge in [-0.3, -0.25) is 4.79 Å². The van der Waals surface area contributed by atoms with Crippen molar-refractivity contribution in [2.45, 2.75) is 6.54 Å². The fourth-order valence-electron chi connectivity index (χ4n) is 2.62. The van der Waals surface area contributed by atoms with Crippen molar-refractivity contribution in [2.75, 3.05) is 6.79 Å². The Morgan fingerprint density at radius 2 is 1.88 bits per heavy atom. The summed E-state index contributed by atoms with van der Waals surface area (Å²) in [6, 6.07) is 8.29. The Morgan fingerprint density at radius 1 is 1.19 bits per heavy atom. The number of rotatable bonds is 2. The van der Waals surface area contributed by atoms with E-state index in [0.29, 0.717) is 31.9 Å². The van der Waals surface area contributed by atoms with E-state index in [1.807, 2.05) is 12.1 Å². The predicted octanol–water partition coefficient (Wildman–Crippen LogP) is 4.11. The third kappa shape index (κ3) is 3.06. The summed E-state index contributed by atoms with van der Waals surface area (Å²) in [6.45, 7) is 0.453. The number of thiazole rings is 1. The summed E-state index contributed by atoms with van der Waals surface area (Å²) >= 11 is 13.3. The van der Waals surface area contributed by atoms with Crippen LogP contribution in [0.2, 0.25) is 10.0 Å². The van der Waals surface area contributed by atoms with Crippen LogP contribution < -0.4 is 14.3 Å². The fourth-order valence-corrected chi connectivity index (χ4v) is 4.18. The molecule has 0 fully saturated rings. The average Bonchev–Trinajstić information content (AvgIpc) is 3.17. The number of carbonyl (C=O) groups excluding carboxylic acids is 1. The van der Waals surface area contributed by atoms with Crippen LogP contribution in [0.25, 0.3) is 10.2 Å². The Bertz CT molecular complexity index is 1140. The lowest BCUT2D eigenvalue weighted by Crippen LogP contribution is -2.16. The van der Waals surface area contributed by atoms with Gasteiger partial charge in [-0.15, -0.1) is 6.42 Å². The minimum Gasteiger partial charge on any atom is -0.454 e. The maximum absolute atomic E-state index is 12.6. The van der Waals surface area contributed by atoms with Gasteiger partial charge in [0.05, 0.1) is 16.8 Å². The Balaban J connectivity index is 1.87. The molecule has 0 spiro atoms. The first-order valence-corrected chi connectivity index (χ1v) is 9.04. The number of aromatic nitrogens is 1. The topological polar surface area (TPSA) is 52.8 Å².